The van der Waals surface area contributed by atoms with Crippen LogP contribution in [0.1, 0.15) is 18.4 Å². The third-order valence-electron chi connectivity index (χ3n) is 4.29. The van der Waals surface area contributed by atoms with Gasteiger partial charge in [-0.15, -0.1) is 0 Å². The molecule has 0 aromatic carbocycles. The number of nitrogens with zero attached hydrogens (tertiary/aromatic N) is 5. The summed E-state index contributed by atoms with van der Waals surface area (Å²) in [5, 5.41) is 21.4. The molecule has 1 aliphatic heterocycles. The van der Waals surface area contributed by atoms with Gasteiger partial charge in [0, 0.05) is 32.2 Å². The number of likely N-dealkylation sites (tertiary alicyclic amines) is 1. The summed E-state index contributed by atoms with van der Waals surface area (Å²) in [5.74, 6) is 0.286. The second kappa shape index (κ2) is 8.27. The van der Waals surface area contributed by atoms with Gasteiger partial charge in [0.1, 0.15) is 18.5 Å². The molecular weight excluding hydrogens is 400 g/mol. The van der Waals surface area contributed by atoms with Crippen molar-refractivity contribution in [3.63, 3.8) is 0 Å². The molecule has 29 heavy (non-hydrogen) atoms. The van der Waals surface area contributed by atoms with Crippen LogP contribution < -0.4 is 10.1 Å². The first kappa shape index (κ1) is 20.3. The molecule has 0 radical (unpaired) electrons. The maximum Gasteiger partial charge on any atom is 0.407 e. The van der Waals surface area contributed by atoms with Crippen molar-refractivity contribution < 1.29 is 23.1 Å². The topological polar surface area (TPSA) is 158 Å². The molecular formula is C17H18N6O5S. The largest absolute Gasteiger partial charge is 0.473 e. The van der Waals surface area contributed by atoms with Gasteiger partial charge in [0.15, 0.2) is 26.2 Å². The summed E-state index contributed by atoms with van der Waals surface area (Å²) in [6, 6.07) is 4.86. The van der Waals surface area contributed by atoms with Gasteiger partial charge in [-0.2, -0.15) is 5.26 Å². The van der Waals surface area contributed by atoms with Gasteiger partial charge < -0.3 is 20.1 Å². The molecule has 1 aliphatic rings. The van der Waals surface area contributed by atoms with E-state index in [-0.39, 0.29) is 28.4 Å². The fourth-order valence-corrected chi connectivity index (χ4v) is 3.35. The number of ether oxygens (including phenoxy) is 1. The van der Waals surface area contributed by atoms with Crippen LogP contribution in [0.3, 0.4) is 0 Å². The van der Waals surface area contributed by atoms with Crippen LogP contribution in [0.4, 0.5) is 16.3 Å². The zero-order valence-electron chi connectivity index (χ0n) is 15.4. The quantitative estimate of drug-likeness (QED) is 0.727. The summed E-state index contributed by atoms with van der Waals surface area (Å²) in [5.41, 5.74) is 0.522. The van der Waals surface area contributed by atoms with Gasteiger partial charge in [-0.3, -0.25) is 0 Å². The highest BCUT2D eigenvalue weighted by molar-refractivity contribution is 7.90. The SMILES string of the molecule is CS(=O)(=O)c1ccc(Nc2ncnc(OC3CCN(C(=O)O)CC3)c2C#N)cn1. The standard InChI is InChI=1S/C17H18N6O5S/c1-29(26,27)14-3-2-11(9-19-14)22-15-13(8-18)16(21-10-20-15)28-12-4-6-23(7-5-12)17(24)25/h2-3,9-10,12H,4-7H2,1H3,(H,24,25)(H,20,21,22). The molecule has 2 N–H and O–H groups in total. The maximum absolute atomic E-state index is 11.5. The summed E-state index contributed by atoms with van der Waals surface area (Å²) in [4.78, 5) is 24.3. The lowest BCUT2D eigenvalue weighted by molar-refractivity contribution is 0.0869. The van der Waals surface area contributed by atoms with Gasteiger partial charge >= 0.3 is 6.09 Å². The summed E-state index contributed by atoms with van der Waals surface area (Å²) in [7, 11) is -3.41. The minimum absolute atomic E-state index is 0.0667. The van der Waals surface area contributed by atoms with E-state index in [1.54, 1.807) is 0 Å². The normalized spacial score (nSPS) is 14.8. The van der Waals surface area contributed by atoms with Gasteiger partial charge in [-0.25, -0.2) is 28.2 Å². The van der Waals surface area contributed by atoms with Gasteiger partial charge in [-0.1, -0.05) is 0 Å². The molecule has 2 aromatic rings. The Balaban J connectivity index is 1.75. The van der Waals surface area contributed by atoms with Crippen LogP contribution in [-0.4, -0.2) is 64.9 Å². The number of anilines is 2. The molecule has 3 heterocycles. The third-order valence-corrected chi connectivity index (χ3v) is 5.30. The first-order chi connectivity index (χ1) is 13.8. The summed E-state index contributed by atoms with van der Waals surface area (Å²) in [6.07, 6.45) is 3.36. The van der Waals surface area contributed by atoms with Gasteiger partial charge in [0.25, 0.3) is 0 Å². The second-order valence-electron chi connectivity index (χ2n) is 6.38. The molecule has 0 aliphatic carbocycles. The molecule has 0 spiro atoms. The second-order valence-corrected chi connectivity index (χ2v) is 8.35. The van der Waals surface area contributed by atoms with Crippen molar-refractivity contribution in [1.29, 1.82) is 5.26 Å². The Hall–Kier alpha value is -3.46. The third kappa shape index (κ3) is 4.88. The summed E-state index contributed by atoms with van der Waals surface area (Å²) >= 11 is 0. The van der Waals surface area contributed by atoms with Crippen LogP contribution in [0, 0.1) is 11.3 Å². The molecule has 1 saturated heterocycles. The molecule has 152 valence electrons. The predicted molar refractivity (Wildman–Crippen MR) is 101 cm³/mol. The first-order valence-electron chi connectivity index (χ1n) is 8.60. The fraction of sp³-hybridized carbons (Fsp3) is 0.353. The number of hydrogen-bond donors (Lipinski definition) is 2. The van der Waals surface area contributed by atoms with E-state index in [9.17, 15) is 18.5 Å². The zero-order valence-corrected chi connectivity index (χ0v) is 16.3. The van der Waals surface area contributed by atoms with E-state index >= 15 is 0 Å². The van der Waals surface area contributed by atoms with Gasteiger partial charge in [-0.05, 0) is 12.1 Å². The minimum Gasteiger partial charge on any atom is -0.473 e. The minimum atomic E-state index is -3.41. The Labute approximate surface area is 166 Å². The van der Waals surface area contributed by atoms with Crippen molar-refractivity contribution >= 4 is 27.4 Å². The summed E-state index contributed by atoms with van der Waals surface area (Å²) in [6.45, 7) is 0.687. The number of aromatic nitrogens is 3. The van der Waals surface area contributed by atoms with Crippen LogP contribution >= 0.6 is 0 Å². The Bertz CT molecular complexity index is 1040. The van der Waals surface area contributed by atoms with Crippen molar-refractivity contribution in [3.8, 4) is 11.9 Å². The van der Waals surface area contributed by atoms with Gasteiger partial charge in [0.2, 0.25) is 5.88 Å². The Morgan fingerprint density at radius 2 is 2.03 bits per heavy atom. The van der Waals surface area contributed by atoms with Crippen LogP contribution in [0.25, 0.3) is 0 Å². The van der Waals surface area contributed by atoms with E-state index in [0.29, 0.717) is 31.6 Å². The van der Waals surface area contributed by atoms with Gasteiger partial charge in [0.05, 0.1) is 11.9 Å². The predicted octanol–water partition coefficient (Wildman–Crippen LogP) is 1.41. The highest BCUT2D eigenvalue weighted by Crippen LogP contribution is 2.26. The van der Waals surface area contributed by atoms with Crippen LogP contribution in [0.15, 0.2) is 29.7 Å². The molecule has 1 amide bonds. The Kier molecular flexibility index (Phi) is 5.79. The highest BCUT2D eigenvalue weighted by Gasteiger charge is 2.25. The Morgan fingerprint density at radius 3 is 2.59 bits per heavy atom. The lowest BCUT2D eigenvalue weighted by atomic mass is 10.1. The number of amides is 1. The van der Waals surface area contributed by atoms with E-state index in [4.69, 9.17) is 9.84 Å². The number of rotatable bonds is 5. The molecule has 0 atom stereocenters. The number of nitrogens with one attached hydrogen (secondary N) is 1. The van der Waals surface area contributed by atoms with Crippen molar-refractivity contribution in [2.45, 2.75) is 24.0 Å². The number of nitriles is 1. The van der Waals surface area contributed by atoms with Crippen LogP contribution in [0.5, 0.6) is 5.88 Å². The first-order valence-corrected chi connectivity index (χ1v) is 10.5. The number of carbonyl (C=O) groups is 1. The van der Waals surface area contributed by atoms with Crippen molar-refractivity contribution in [1.82, 2.24) is 19.9 Å². The molecule has 0 unspecified atom stereocenters. The van der Waals surface area contributed by atoms with Crippen molar-refractivity contribution in [2.24, 2.45) is 0 Å². The molecule has 2 aromatic heterocycles. The van der Waals surface area contributed by atoms with Crippen molar-refractivity contribution in [2.75, 3.05) is 24.7 Å². The van der Waals surface area contributed by atoms with E-state index < -0.39 is 15.9 Å². The van der Waals surface area contributed by atoms with E-state index in [2.05, 4.69) is 20.3 Å². The fourth-order valence-electron chi connectivity index (χ4n) is 2.79. The number of hydrogen-bond acceptors (Lipinski definition) is 9. The molecule has 3 rings (SSSR count). The number of sulfone groups is 1. The number of pyridine rings is 1. The van der Waals surface area contributed by atoms with Crippen molar-refractivity contribution in [3.05, 3.63) is 30.2 Å². The van der Waals surface area contributed by atoms with Crippen LogP contribution in [-0.2, 0) is 9.84 Å². The molecule has 1 fully saturated rings. The smallest absolute Gasteiger partial charge is 0.407 e. The summed E-state index contributed by atoms with van der Waals surface area (Å²) < 4.78 is 28.8. The zero-order chi connectivity index (χ0) is 21.0. The van der Waals surface area contributed by atoms with E-state index in [0.717, 1.165) is 6.26 Å². The highest BCUT2D eigenvalue weighted by atomic mass is 32.2. The molecule has 12 heteroatoms. The van der Waals surface area contributed by atoms with E-state index in [1.807, 2.05) is 6.07 Å². The monoisotopic (exact) mass is 418 g/mol. The van der Waals surface area contributed by atoms with E-state index in [1.165, 1.54) is 29.6 Å². The number of carboxylic acid groups (broad SMARTS) is 1. The maximum atomic E-state index is 11.5. The Morgan fingerprint density at radius 1 is 1.31 bits per heavy atom. The molecule has 11 nitrogen and oxygen atoms in total. The number of piperidine rings is 1. The molecule has 0 bridgehead atoms. The van der Waals surface area contributed by atoms with Crippen LogP contribution in [0.2, 0.25) is 0 Å². The lowest BCUT2D eigenvalue weighted by Crippen LogP contribution is -2.41. The average molecular weight is 418 g/mol. The average Bonchev–Trinajstić information content (AvgIpc) is 2.68. The lowest BCUT2D eigenvalue weighted by Gasteiger charge is -2.30. The molecule has 0 saturated carbocycles.